The van der Waals surface area contributed by atoms with E-state index >= 15 is 0 Å². The van der Waals surface area contributed by atoms with Gasteiger partial charge in [-0.05, 0) is 42.8 Å². The fourth-order valence-electron chi connectivity index (χ4n) is 2.78. The lowest BCUT2D eigenvalue weighted by Gasteiger charge is -2.13. The van der Waals surface area contributed by atoms with Gasteiger partial charge in [0.05, 0.1) is 10.5 Å². The maximum Gasteiger partial charge on any atom is 0.163 e. The zero-order chi connectivity index (χ0) is 17.2. The predicted octanol–water partition coefficient (Wildman–Crippen LogP) is 6.42. The van der Waals surface area contributed by atoms with Gasteiger partial charge in [0.25, 0.3) is 0 Å². The molecule has 4 rings (SSSR count). The summed E-state index contributed by atoms with van der Waals surface area (Å²) in [7, 11) is 0. The molecule has 4 aromatic rings. The van der Waals surface area contributed by atoms with Gasteiger partial charge in [-0.15, -0.1) is 12.4 Å². The van der Waals surface area contributed by atoms with Crippen LogP contribution in [0.4, 0.5) is 11.5 Å². The second-order valence-corrected chi connectivity index (χ2v) is 6.24. The first-order chi connectivity index (χ1) is 12.2. The average Bonchev–Trinajstić information content (AvgIpc) is 2.64. The van der Waals surface area contributed by atoms with E-state index in [1.54, 1.807) is 0 Å². The number of para-hydroxylation sites is 2. The summed E-state index contributed by atoms with van der Waals surface area (Å²) in [4.78, 5) is 9.46. The lowest BCUT2D eigenvalue weighted by molar-refractivity contribution is 1.22. The normalized spacial score (nSPS) is 10.4. The summed E-state index contributed by atoms with van der Waals surface area (Å²) in [6.07, 6.45) is 0. The van der Waals surface area contributed by atoms with Gasteiger partial charge >= 0.3 is 0 Å². The van der Waals surface area contributed by atoms with Gasteiger partial charge < -0.3 is 5.32 Å². The summed E-state index contributed by atoms with van der Waals surface area (Å²) in [6.45, 7) is 2.07. The van der Waals surface area contributed by atoms with Gasteiger partial charge in [0, 0.05) is 16.6 Å². The maximum atomic E-state index is 6.35. The van der Waals surface area contributed by atoms with Crippen LogP contribution in [0.15, 0.2) is 72.8 Å². The Morgan fingerprint density at radius 2 is 1.50 bits per heavy atom. The molecule has 0 fully saturated rings. The number of nitrogens with zero attached hydrogens (tertiary/aromatic N) is 2. The minimum Gasteiger partial charge on any atom is -0.339 e. The monoisotopic (exact) mass is 381 g/mol. The van der Waals surface area contributed by atoms with Crippen molar-refractivity contribution in [1.29, 1.82) is 0 Å². The van der Waals surface area contributed by atoms with Crippen LogP contribution < -0.4 is 5.32 Å². The summed E-state index contributed by atoms with van der Waals surface area (Å²) in [6, 6.07) is 23.7. The highest BCUT2D eigenvalue weighted by Crippen LogP contribution is 2.31. The molecular weight excluding hydrogens is 365 g/mol. The van der Waals surface area contributed by atoms with Gasteiger partial charge in [0.15, 0.2) is 5.82 Å². The molecule has 5 heteroatoms. The Balaban J connectivity index is 0.00000196. The van der Waals surface area contributed by atoms with Crippen LogP contribution in [0.1, 0.15) is 5.56 Å². The Morgan fingerprint density at radius 1 is 0.808 bits per heavy atom. The van der Waals surface area contributed by atoms with E-state index in [1.165, 1.54) is 0 Å². The first-order valence-corrected chi connectivity index (χ1v) is 8.44. The van der Waals surface area contributed by atoms with Crippen molar-refractivity contribution < 1.29 is 0 Å². The quantitative estimate of drug-likeness (QED) is 0.444. The molecule has 0 atom stereocenters. The number of fused-ring (bicyclic) bond motifs is 1. The standard InChI is InChI=1S/C21H16ClN3.ClH/c1-14-8-2-6-12-18(14)23-21-16-10-4-7-13-19(16)24-20(25-21)15-9-3-5-11-17(15)22;/h2-13H,1H3,(H,23,24,25);1H. The molecule has 0 aliphatic carbocycles. The molecule has 26 heavy (non-hydrogen) atoms. The van der Waals surface area contributed by atoms with Gasteiger partial charge in [-0.25, -0.2) is 9.97 Å². The van der Waals surface area contributed by atoms with Crippen molar-refractivity contribution >= 4 is 46.4 Å². The van der Waals surface area contributed by atoms with Crippen LogP contribution in [0.25, 0.3) is 22.3 Å². The third kappa shape index (κ3) is 3.50. The number of anilines is 2. The van der Waals surface area contributed by atoms with Gasteiger partial charge in [0.2, 0.25) is 0 Å². The molecule has 3 aromatic carbocycles. The number of hydrogen-bond donors (Lipinski definition) is 1. The zero-order valence-corrected chi connectivity index (χ0v) is 15.7. The Kier molecular flexibility index (Phi) is 5.40. The number of rotatable bonds is 3. The molecule has 0 aliphatic rings. The van der Waals surface area contributed by atoms with Crippen LogP contribution in [0, 0.1) is 6.92 Å². The molecule has 0 saturated heterocycles. The minimum atomic E-state index is 0. The number of halogens is 2. The van der Waals surface area contributed by atoms with E-state index in [-0.39, 0.29) is 12.4 Å². The molecule has 0 saturated carbocycles. The SMILES string of the molecule is Cc1ccccc1Nc1nc(-c2ccccc2Cl)nc2ccccc12.Cl. The van der Waals surface area contributed by atoms with Gasteiger partial charge in [-0.2, -0.15) is 0 Å². The third-order valence-electron chi connectivity index (χ3n) is 4.12. The van der Waals surface area contributed by atoms with Crippen molar-refractivity contribution in [3.63, 3.8) is 0 Å². The van der Waals surface area contributed by atoms with Crippen molar-refractivity contribution in [2.45, 2.75) is 6.92 Å². The van der Waals surface area contributed by atoms with E-state index in [0.717, 1.165) is 33.5 Å². The Morgan fingerprint density at radius 3 is 2.31 bits per heavy atom. The summed E-state index contributed by atoms with van der Waals surface area (Å²) in [5.41, 5.74) is 3.88. The maximum absolute atomic E-state index is 6.35. The van der Waals surface area contributed by atoms with Gasteiger partial charge in [0.1, 0.15) is 5.82 Å². The molecule has 1 aromatic heterocycles. The lowest BCUT2D eigenvalue weighted by Crippen LogP contribution is -2.00. The number of nitrogens with one attached hydrogen (secondary N) is 1. The van der Waals surface area contributed by atoms with Crippen molar-refractivity contribution in [3.05, 3.63) is 83.4 Å². The molecule has 1 heterocycles. The first-order valence-electron chi connectivity index (χ1n) is 8.07. The summed E-state index contributed by atoms with van der Waals surface area (Å²) in [5, 5.41) is 5.06. The molecule has 0 unspecified atom stereocenters. The average molecular weight is 382 g/mol. The topological polar surface area (TPSA) is 37.8 Å². The van der Waals surface area contributed by atoms with Crippen molar-refractivity contribution in [2.24, 2.45) is 0 Å². The summed E-state index contributed by atoms with van der Waals surface area (Å²) >= 11 is 6.35. The van der Waals surface area contributed by atoms with Crippen LogP contribution in [0.2, 0.25) is 5.02 Å². The van der Waals surface area contributed by atoms with Crippen LogP contribution in [-0.4, -0.2) is 9.97 Å². The van der Waals surface area contributed by atoms with Crippen molar-refractivity contribution in [1.82, 2.24) is 9.97 Å². The number of aromatic nitrogens is 2. The van der Waals surface area contributed by atoms with E-state index in [9.17, 15) is 0 Å². The Labute approximate surface area is 163 Å². The summed E-state index contributed by atoms with van der Waals surface area (Å²) in [5.74, 6) is 1.38. The van der Waals surface area contributed by atoms with E-state index in [2.05, 4.69) is 18.3 Å². The second-order valence-electron chi connectivity index (χ2n) is 5.83. The fraction of sp³-hybridized carbons (Fsp3) is 0.0476. The number of aryl methyl sites for hydroxylation is 1. The van der Waals surface area contributed by atoms with Crippen LogP contribution >= 0.6 is 24.0 Å². The molecule has 1 N–H and O–H groups in total. The lowest BCUT2D eigenvalue weighted by atomic mass is 10.1. The Bertz CT molecular complexity index is 1060. The smallest absolute Gasteiger partial charge is 0.163 e. The molecule has 0 bridgehead atoms. The van der Waals surface area contributed by atoms with Crippen LogP contribution in [0.3, 0.4) is 0 Å². The van der Waals surface area contributed by atoms with Gasteiger partial charge in [-0.1, -0.05) is 54.1 Å². The summed E-state index contributed by atoms with van der Waals surface area (Å²) < 4.78 is 0. The van der Waals surface area contributed by atoms with E-state index < -0.39 is 0 Å². The fourth-order valence-corrected chi connectivity index (χ4v) is 3.00. The van der Waals surface area contributed by atoms with E-state index in [0.29, 0.717) is 10.8 Å². The minimum absolute atomic E-state index is 0. The highest BCUT2D eigenvalue weighted by molar-refractivity contribution is 6.33. The molecule has 0 spiro atoms. The largest absolute Gasteiger partial charge is 0.339 e. The number of hydrogen-bond acceptors (Lipinski definition) is 3. The van der Waals surface area contributed by atoms with Crippen molar-refractivity contribution in [3.8, 4) is 11.4 Å². The third-order valence-corrected chi connectivity index (χ3v) is 4.45. The zero-order valence-electron chi connectivity index (χ0n) is 14.1. The predicted molar refractivity (Wildman–Crippen MR) is 112 cm³/mol. The molecular formula is C21H17Cl2N3. The second kappa shape index (κ2) is 7.73. The van der Waals surface area contributed by atoms with E-state index in [1.807, 2.05) is 66.7 Å². The van der Waals surface area contributed by atoms with Crippen molar-refractivity contribution in [2.75, 3.05) is 5.32 Å². The van der Waals surface area contributed by atoms with Crippen LogP contribution in [-0.2, 0) is 0 Å². The first kappa shape index (κ1) is 18.2. The van der Waals surface area contributed by atoms with Crippen LogP contribution in [0.5, 0.6) is 0 Å². The highest BCUT2D eigenvalue weighted by atomic mass is 35.5. The molecule has 0 amide bonds. The number of benzene rings is 3. The molecule has 0 radical (unpaired) electrons. The van der Waals surface area contributed by atoms with E-state index in [4.69, 9.17) is 21.6 Å². The van der Waals surface area contributed by atoms with Gasteiger partial charge in [-0.3, -0.25) is 0 Å². The molecule has 3 nitrogen and oxygen atoms in total. The highest BCUT2D eigenvalue weighted by Gasteiger charge is 2.12. The molecule has 0 aliphatic heterocycles. The molecule has 130 valence electrons. The Hall–Kier alpha value is -2.62.